The molecular formula is C25H32FN3O4. The maximum absolute atomic E-state index is 15.1. The van der Waals surface area contributed by atoms with Crippen LogP contribution in [0.25, 0.3) is 0 Å². The molecule has 0 N–H and O–H groups in total. The normalized spacial score (nSPS) is 33.5. The third kappa shape index (κ3) is 3.96. The van der Waals surface area contributed by atoms with E-state index in [1.165, 1.54) is 6.07 Å². The summed E-state index contributed by atoms with van der Waals surface area (Å²) < 4.78 is 27.1. The van der Waals surface area contributed by atoms with Gasteiger partial charge in [0, 0.05) is 31.2 Å². The molecule has 2 amide bonds. The summed E-state index contributed by atoms with van der Waals surface area (Å²) in [5.41, 5.74) is 1.12. The highest BCUT2D eigenvalue weighted by Crippen LogP contribution is 2.45. The SMILES string of the molecule is O=C1CCCCN1c1ccc(N2CCCC(OC(=O)N3C4CC5CC(C4)OC3C5)C2)c(F)c1. The molecule has 4 bridgehead atoms. The lowest BCUT2D eigenvalue weighted by molar-refractivity contribution is -0.220. The number of nitrogens with zero attached hydrogens (tertiary/aromatic N) is 3. The van der Waals surface area contributed by atoms with Crippen LogP contribution in [0, 0.1) is 11.7 Å². The van der Waals surface area contributed by atoms with Crippen LogP contribution in [0.2, 0.25) is 0 Å². The van der Waals surface area contributed by atoms with Crippen molar-refractivity contribution in [1.82, 2.24) is 4.90 Å². The van der Waals surface area contributed by atoms with Crippen molar-refractivity contribution in [2.45, 2.75) is 82.3 Å². The van der Waals surface area contributed by atoms with E-state index in [4.69, 9.17) is 9.47 Å². The number of carbonyl (C=O) groups excluding carboxylic acids is 2. The van der Waals surface area contributed by atoms with Gasteiger partial charge < -0.3 is 19.3 Å². The molecule has 6 aliphatic rings. The maximum Gasteiger partial charge on any atom is 0.412 e. The smallest absolute Gasteiger partial charge is 0.412 e. The summed E-state index contributed by atoms with van der Waals surface area (Å²) in [5, 5.41) is 0. The first-order chi connectivity index (χ1) is 16.0. The van der Waals surface area contributed by atoms with Gasteiger partial charge in [-0.3, -0.25) is 9.69 Å². The largest absolute Gasteiger partial charge is 0.444 e. The van der Waals surface area contributed by atoms with Crippen molar-refractivity contribution in [1.29, 1.82) is 0 Å². The molecule has 5 atom stereocenters. The predicted molar refractivity (Wildman–Crippen MR) is 121 cm³/mol. The Morgan fingerprint density at radius 1 is 1.09 bits per heavy atom. The van der Waals surface area contributed by atoms with E-state index in [9.17, 15) is 9.59 Å². The lowest BCUT2D eigenvalue weighted by Gasteiger charge is -2.55. The molecule has 5 aliphatic heterocycles. The van der Waals surface area contributed by atoms with Crippen molar-refractivity contribution in [3.8, 4) is 0 Å². The highest BCUT2D eigenvalue weighted by Gasteiger charge is 2.50. The Morgan fingerprint density at radius 3 is 2.79 bits per heavy atom. The van der Waals surface area contributed by atoms with Crippen LogP contribution in [-0.2, 0) is 14.3 Å². The van der Waals surface area contributed by atoms with Crippen molar-refractivity contribution in [2.24, 2.45) is 5.92 Å². The number of rotatable bonds is 3. The summed E-state index contributed by atoms with van der Waals surface area (Å²) >= 11 is 0. The molecule has 33 heavy (non-hydrogen) atoms. The topological polar surface area (TPSA) is 62.3 Å². The molecule has 6 fully saturated rings. The first-order valence-electron chi connectivity index (χ1n) is 12.5. The van der Waals surface area contributed by atoms with Gasteiger partial charge in [0.1, 0.15) is 18.1 Å². The van der Waals surface area contributed by atoms with Gasteiger partial charge in [0.25, 0.3) is 0 Å². The lowest BCUT2D eigenvalue weighted by atomic mass is 9.75. The van der Waals surface area contributed by atoms with Gasteiger partial charge in [0.2, 0.25) is 5.91 Å². The summed E-state index contributed by atoms with van der Waals surface area (Å²) in [6.45, 7) is 1.83. The average molecular weight is 458 g/mol. The van der Waals surface area contributed by atoms with E-state index in [1.54, 1.807) is 11.0 Å². The second-order valence-corrected chi connectivity index (χ2v) is 10.3. The van der Waals surface area contributed by atoms with E-state index in [0.717, 1.165) is 51.4 Å². The summed E-state index contributed by atoms with van der Waals surface area (Å²) in [7, 11) is 0. The van der Waals surface area contributed by atoms with Crippen LogP contribution in [0.15, 0.2) is 18.2 Å². The van der Waals surface area contributed by atoms with E-state index >= 15 is 4.39 Å². The Balaban J connectivity index is 1.11. The Labute approximate surface area is 193 Å². The Bertz CT molecular complexity index is 912. The van der Waals surface area contributed by atoms with Crippen LogP contribution in [0.1, 0.15) is 57.8 Å². The van der Waals surface area contributed by atoms with Crippen LogP contribution < -0.4 is 9.80 Å². The molecule has 1 aliphatic carbocycles. The van der Waals surface area contributed by atoms with Gasteiger partial charge in [-0.05, 0) is 75.5 Å². The quantitative estimate of drug-likeness (QED) is 0.685. The first kappa shape index (κ1) is 21.2. The molecule has 1 aromatic carbocycles. The third-order valence-corrected chi connectivity index (χ3v) is 8.09. The molecule has 5 saturated heterocycles. The van der Waals surface area contributed by atoms with Crippen molar-refractivity contribution >= 4 is 23.4 Å². The van der Waals surface area contributed by atoms with Crippen LogP contribution >= 0.6 is 0 Å². The number of amides is 2. The van der Waals surface area contributed by atoms with Gasteiger partial charge in [-0.2, -0.15) is 0 Å². The fraction of sp³-hybridized carbons (Fsp3) is 0.680. The minimum Gasteiger partial charge on any atom is -0.444 e. The molecule has 7 nitrogen and oxygen atoms in total. The number of piperidine rings is 3. The average Bonchev–Trinajstić information content (AvgIpc) is 2.79. The summed E-state index contributed by atoms with van der Waals surface area (Å²) in [6, 6.07) is 5.28. The Hall–Kier alpha value is -2.35. The monoisotopic (exact) mass is 457 g/mol. The molecule has 5 unspecified atom stereocenters. The first-order valence-corrected chi connectivity index (χ1v) is 12.5. The summed E-state index contributed by atoms with van der Waals surface area (Å²) in [6.07, 6.45) is 7.58. The lowest BCUT2D eigenvalue weighted by Crippen LogP contribution is -2.63. The van der Waals surface area contributed by atoms with Crippen molar-refractivity contribution < 1.29 is 23.5 Å². The van der Waals surface area contributed by atoms with Crippen LogP contribution in [-0.4, -0.2) is 61.0 Å². The van der Waals surface area contributed by atoms with E-state index in [0.29, 0.717) is 49.5 Å². The number of carbonyl (C=O) groups is 2. The molecule has 0 aromatic heterocycles. The van der Waals surface area contributed by atoms with E-state index in [-0.39, 0.29) is 36.2 Å². The number of hydrogen-bond donors (Lipinski definition) is 0. The van der Waals surface area contributed by atoms with Crippen LogP contribution in [0.3, 0.4) is 0 Å². The Kier molecular flexibility index (Phi) is 5.43. The number of halogens is 1. The molecule has 178 valence electrons. The number of ether oxygens (including phenoxy) is 2. The maximum atomic E-state index is 15.1. The zero-order chi connectivity index (χ0) is 22.5. The van der Waals surface area contributed by atoms with Gasteiger partial charge in [-0.25, -0.2) is 9.18 Å². The zero-order valence-electron chi connectivity index (χ0n) is 19.0. The van der Waals surface area contributed by atoms with Crippen molar-refractivity contribution in [3.63, 3.8) is 0 Å². The van der Waals surface area contributed by atoms with E-state index in [1.807, 2.05) is 15.9 Å². The summed E-state index contributed by atoms with van der Waals surface area (Å²) in [5.74, 6) is 0.394. The van der Waals surface area contributed by atoms with Gasteiger partial charge in [-0.1, -0.05) is 0 Å². The minimum absolute atomic E-state index is 0.0575. The molecular weight excluding hydrogens is 425 g/mol. The fourth-order valence-electron chi connectivity index (χ4n) is 6.58. The van der Waals surface area contributed by atoms with Gasteiger partial charge in [0.05, 0.1) is 18.3 Å². The second kappa shape index (κ2) is 8.46. The highest BCUT2D eigenvalue weighted by atomic mass is 19.1. The van der Waals surface area contributed by atoms with Crippen LogP contribution in [0.5, 0.6) is 0 Å². The molecule has 0 radical (unpaired) electrons. The van der Waals surface area contributed by atoms with Crippen molar-refractivity contribution in [3.05, 3.63) is 24.0 Å². The van der Waals surface area contributed by atoms with E-state index < -0.39 is 0 Å². The molecule has 0 spiro atoms. The molecule has 1 aromatic rings. The molecule has 1 saturated carbocycles. The number of hydrogen-bond acceptors (Lipinski definition) is 5. The summed E-state index contributed by atoms with van der Waals surface area (Å²) in [4.78, 5) is 30.7. The second-order valence-electron chi connectivity index (χ2n) is 10.3. The minimum atomic E-state index is -0.337. The van der Waals surface area contributed by atoms with Gasteiger partial charge in [-0.15, -0.1) is 0 Å². The zero-order valence-corrected chi connectivity index (χ0v) is 19.0. The number of benzene rings is 1. The third-order valence-electron chi connectivity index (χ3n) is 8.09. The van der Waals surface area contributed by atoms with Crippen LogP contribution in [0.4, 0.5) is 20.6 Å². The van der Waals surface area contributed by atoms with E-state index in [2.05, 4.69) is 0 Å². The number of anilines is 2. The molecule has 8 heteroatoms. The molecule has 7 rings (SSSR count). The fourth-order valence-corrected chi connectivity index (χ4v) is 6.58. The predicted octanol–water partition coefficient (Wildman–Crippen LogP) is 4.05. The van der Waals surface area contributed by atoms with Crippen molar-refractivity contribution in [2.75, 3.05) is 29.4 Å². The van der Waals surface area contributed by atoms with Gasteiger partial charge in [0.15, 0.2) is 0 Å². The molecule has 5 heterocycles. The Morgan fingerprint density at radius 2 is 2.00 bits per heavy atom. The standard InChI is InChI=1S/C25H32FN3O4/c26-21-14-17(28-9-2-1-5-23(28)30)6-7-22(21)27-8-3-4-19(15-27)33-25(31)29-18-10-16-11-20(13-18)32-24(29)12-16/h6-7,14,16,18-20,24H,1-5,8-13,15H2. The van der Waals surface area contributed by atoms with Gasteiger partial charge >= 0.3 is 6.09 Å². The highest BCUT2D eigenvalue weighted by molar-refractivity contribution is 5.94.